The molecular weight excluding hydrogens is 236 g/mol. The molecule has 0 radical (unpaired) electrons. The minimum absolute atomic E-state index is 0.191. The number of nitrogens with zero attached hydrogens (tertiary/aromatic N) is 1. The fourth-order valence-corrected chi connectivity index (χ4v) is 2.25. The molecule has 0 bridgehead atoms. The summed E-state index contributed by atoms with van der Waals surface area (Å²) < 4.78 is 26.6. The van der Waals surface area contributed by atoms with E-state index in [0.717, 1.165) is 18.9 Å². The average molecular weight is 253 g/mol. The lowest BCUT2D eigenvalue weighted by molar-refractivity contribution is 0.501. The highest BCUT2D eigenvalue weighted by molar-refractivity contribution is 5.84. The lowest BCUT2D eigenvalue weighted by atomic mass is 10.1. The summed E-state index contributed by atoms with van der Waals surface area (Å²) >= 11 is 0. The van der Waals surface area contributed by atoms with Crippen molar-refractivity contribution in [3.05, 3.63) is 35.4 Å². The van der Waals surface area contributed by atoms with Gasteiger partial charge in [0.2, 0.25) is 0 Å². The van der Waals surface area contributed by atoms with Crippen LogP contribution in [0, 0.1) is 11.6 Å². The Bertz CT molecular complexity index is 440. The predicted molar refractivity (Wildman–Crippen MR) is 67.1 cm³/mol. The number of hydrogen-bond donors (Lipinski definition) is 2. The summed E-state index contributed by atoms with van der Waals surface area (Å²) in [5, 5.41) is 0. The summed E-state index contributed by atoms with van der Waals surface area (Å²) in [6.45, 7) is 0. The Morgan fingerprint density at radius 3 is 2.72 bits per heavy atom. The van der Waals surface area contributed by atoms with Gasteiger partial charge in [0, 0.05) is 6.42 Å². The Hall–Kier alpha value is -1.49. The van der Waals surface area contributed by atoms with Crippen LogP contribution in [-0.4, -0.2) is 11.9 Å². The summed E-state index contributed by atoms with van der Waals surface area (Å²) in [5.74, 6) is 4.23. The number of benzene rings is 1. The van der Waals surface area contributed by atoms with E-state index in [1.165, 1.54) is 18.9 Å². The van der Waals surface area contributed by atoms with Crippen LogP contribution in [-0.2, 0) is 6.42 Å². The molecule has 0 amide bonds. The van der Waals surface area contributed by atoms with Crippen molar-refractivity contribution in [2.45, 2.75) is 38.1 Å². The fourth-order valence-electron chi connectivity index (χ4n) is 2.25. The van der Waals surface area contributed by atoms with Crippen LogP contribution in [0.25, 0.3) is 0 Å². The summed E-state index contributed by atoms with van der Waals surface area (Å²) in [6, 6.07) is 4.38. The summed E-state index contributed by atoms with van der Waals surface area (Å²) in [4.78, 5) is 4.45. The second kappa shape index (κ2) is 5.91. The lowest BCUT2D eigenvalue weighted by Gasteiger charge is -2.10. The molecule has 1 aromatic carbocycles. The van der Waals surface area contributed by atoms with Crippen molar-refractivity contribution in [3.63, 3.8) is 0 Å². The molecule has 3 N–H and O–H groups in total. The molecule has 1 aromatic rings. The number of hydrazine groups is 1. The average Bonchev–Trinajstić information content (AvgIpc) is 2.86. The van der Waals surface area contributed by atoms with Crippen LogP contribution < -0.4 is 11.3 Å². The van der Waals surface area contributed by atoms with E-state index in [1.54, 1.807) is 6.07 Å². The second-order valence-corrected chi connectivity index (χ2v) is 4.55. The van der Waals surface area contributed by atoms with E-state index >= 15 is 0 Å². The van der Waals surface area contributed by atoms with Crippen molar-refractivity contribution < 1.29 is 8.78 Å². The number of amidine groups is 1. The van der Waals surface area contributed by atoms with Gasteiger partial charge >= 0.3 is 0 Å². The van der Waals surface area contributed by atoms with Crippen LogP contribution in [0.5, 0.6) is 0 Å². The molecule has 18 heavy (non-hydrogen) atoms. The van der Waals surface area contributed by atoms with Crippen molar-refractivity contribution in [2.75, 3.05) is 0 Å². The number of nitrogens with two attached hydrogens (primary N) is 1. The monoisotopic (exact) mass is 253 g/mol. The molecule has 0 aromatic heterocycles. The molecule has 0 atom stereocenters. The second-order valence-electron chi connectivity index (χ2n) is 4.55. The quantitative estimate of drug-likeness (QED) is 0.376. The first-order valence-corrected chi connectivity index (χ1v) is 6.17. The summed E-state index contributed by atoms with van der Waals surface area (Å²) in [5.41, 5.74) is 2.75. The lowest BCUT2D eigenvalue weighted by Crippen LogP contribution is -2.33. The van der Waals surface area contributed by atoms with Crippen LogP contribution in [0.4, 0.5) is 8.78 Å². The number of nitrogens with one attached hydrogen (secondary N) is 1. The normalized spacial score (nSPS) is 17.2. The van der Waals surface area contributed by atoms with E-state index in [2.05, 4.69) is 10.4 Å². The van der Waals surface area contributed by atoms with E-state index in [-0.39, 0.29) is 18.0 Å². The molecule has 98 valence electrons. The molecule has 0 heterocycles. The summed E-state index contributed by atoms with van der Waals surface area (Å²) in [6.07, 6.45) is 4.60. The molecular formula is C13H17F2N3. The first kappa shape index (κ1) is 13.0. The minimum Gasteiger partial charge on any atom is -0.312 e. The SMILES string of the molecule is NNC(Cc1cccc(F)c1F)=NC1CCCC1. The van der Waals surface area contributed by atoms with E-state index in [1.807, 2.05) is 0 Å². The van der Waals surface area contributed by atoms with Gasteiger partial charge in [0.15, 0.2) is 11.6 Å². The van der Waals surface area contributed by atoms with Crippen LogP contribution in [0.3, 0.4) is 0 Å². The molecule has 3 nitrogen and oxygen atoms in total. The van der Waals surface area contributed by atoms with Gasteiger partial charge in [-0.2, -0.15) is 0 Å². The van der Waals surface area contributed by atoms with Gasteiger partial charge in [0.1, 0.15) is 5.84 Å². The Morgan fingerprint density at radius 1 is 1.33 bits per heavy atom. The van der Waals surface area contributed by atoms with Crippen molar-refractivity contribution in [1.82, 2.24) is 5.43 Å². The van der Waals surface area contributed by atoms with Crippen molar-refractivity contribution in [1.29, 1.82) is 0 Å². The number of hydrogen-bond acceptors (Lipinski definition) is 2. The topological polar surface area (TPSA) is 50.4 Å². The zero-order chi connectivity index (χ0) is 13.0. The van der Waals surface area contributed by atoms with Gasteiger partial charge in [0.05, 0.1) is 6.04 Å². The third-order valence-electron chi connectivity index (χ3n) is 3.22. The first-order chi connectivity index (χ1) is 8.70. The van der Waals surface area contributed by atoms with Gasteiger partial charge in [-0.05, 0) is 24.5 Å². The molecule has 0 unspecified atom stereocenters. The van der Waals surface area contributed by atoms with Crippen LogP contribution >= 0.6 is 0 Å². The van der Waals surface area contributed by atoms with E-state index in [0.29, 0.717) is 5.84 Å². The highest BCUT2D eigenvalue weighted by atomic mass is 19.2. The molecule has 1 aliphatic rings. The molecule has 1 aliphatic carbocycles. The Kier molecular flexibility index (Phi) is 4.25. The zero-order valence-electron chi connectivity index (χ0n) is 10.1. The standard InChI is InChI=1S/C13H17F2N3/c14-11-7-3-4-9(13(11)15)8-12(18-16)17-10-5-1-2-6-10/h3-4,7,10H,1-2,5-6,8,16H2,(H,17,18). The molecule has 0 spiro atoms. The number of rotatable bonds is 3. The zero-order valence-corrected chi connectivity index (χ0v) is 10.1. The van der Waals surface area contributed by atoms with Gasteiger partial charge in [-0.25, -0.2) is 14.6 Å². The Morgan fingerprint density at radius 2 is 2.06 bits per heavy atom. The van der Waals surface area contributed by atoms with Crippen molar-refractivity contribution >= 4 is 5.84 Å². The minimum atomic E-state index is -0.843. The van der Waals surface area contributed by atoms with E-state index in [4.69, 9.17) is 5.84 Å². The Labute approximate surface area is 105 Å². The van der Waals surface area contributed by atoms with E-state index < -0.39 is 11.6 Å². The van der Waals surface area contributed by atoms with Gasteiger partial charge in [-0.15, -0.1) is 0 Å². The highest BCUT2D eigenvalue weighted by Gasteiger charge is 2.16. The third kappa shape index (κ3) is 3.04. The van der Waals surface area contributed by atoms with Gasteiger partial charge in [0.25, 0.3) is 0 Å². The maximum Gasteiger partial charge on any atom is 0.162 e. The first-order valence-electron chi connectivity index (χ1n) is 6.17. The smallest absolute Gasteiger partial charge is 0.162 e. The van der Waals surface area contributed by atoms with Crippen LogP contribution in [0.1, 0.15) is 31.2 Å². The summed E-state index contributed by atoms with van der Waals surface area (Å²) in [7, 11) is 0. The molecule has 0 saturated heterocycles. The Balaban J connectivity index is 2.12. The highest BCUT2D eigenvalue weighted by Crippen LogP contribution is 2.21. The maximum atomic E-state index is 13.5. The molecule has 1 fully saturated rings. The van der Waals surface area contributed by atoms with E-state index in [9.17, 15) is 8.78 Å². The maximum absolute atomic E-state index is 13.5. The molecule has 2 rings (SSSR count). The van der Waals surface area contributed by atoms with Gasteiger partial charge in [-0.1, -0.05) is 25.0 Å². The van der Waals surface area contributed by atoms with Gasteiger partial charge < -0.3 is 5.43 Å². The molecule has 0 aliphatic heterocycles. The molecule has 1 saturated carbocycles. The van der Waals surface area contributed by atoms with Gasteiger partial charge in [-0.3, -0.25) is 4.99 Å². The third-order valence-corrected chi connectivity index (χ3v) is 3.22. The van der Waals surface area contributed by atoms with Crippen molar-refractivity contribution in [3.8, 4) is 0 Å². The van der Waals surface area contributed by atoms with Crippen LogP contribution in [0.2, 0.25) is 0 Å². The fraction of sp³-hybridized carbons (Fsp3) is 0.462. The van der Waals surface area contributed by atoms with Crippen LogP contribution in [0.15, 0.2) is 23.2 Å². The predicted octanol–water partition coefficient (Wildman–Crippen LogP) is 2.31. The molecule has 5 heteroatoms. The largest absolute Gasteiger partial charge is 0.312 e. The van der Waals surface area contributed by atoms with Crippen molar-refractivity contribution in [2.24, 2.45) is 10.8 Å². The number of halogens is 2. The number of aliphatic imine (C=N–C) groups is 1.